The van der Waals surface area contributed by atoms with Crippen LogP contribution in [-0.2, 0) is 0 Å². The number of rotatable bonds is 2. The molecule has 1 heterocycles. The fourth-order valence-corrected chi connectivity index (χ4v) is 2.36. The zero-order valence-electron chi connectivity index (χ0n) is 10.0. The summed E-state index contributed by atoms with van der Waals surface area (Å²) in [4.78, 5) is 11.9. The summed E-state index contributed by atoms with van der Waals surface area (Å²) in [5, 5.41) is 10.7. The molecule has 1 aromatic heterocycles. The Morgan fingerprint density at radius 2 is 2.24 bits per heavy atom. The lowest BCUT2D eigenvalue weighted by atomic mass is 9.92. The van der Waals surface area contributed by atoms with Crippen LogP contribution in [0.3, 0.4) is 0 Å². The zero-order valence-corrected chi connectivity index (χ0v) is 10.8. The lowest BCUT2D eigenvalue weighted by Gasteiger charge is -2.17. The summed E-state index contributed by atoms with van der Waals surface area (Å²) in [5.41, 5.74) is 0.642. The largest absolute Gasteiger partial charge is 0.348 e. The third-order valence-corrected chi connectivity index (χ3v) is 3.37. The molecule has 17 heavy (non-hydrogen) atoms. The van der Waals surface area contributed by atoms with Crippen LogP contribution in [0.4, 0.5) is 0 Å². The Hall–Kier alpha value is -1.16. The summed E-state index contributed by atoms with van der Waals surface area (Å²) in [6.07, 6.45) is 3.18. The maximum absolute atomic E-state index is 11.9. The zero-order chi connectivity index (χ0) is 12.5. The van der Waals surface area contributed by atoms with Gasteiger partial charge in [0.15, 0.2) is 10.8 Å². The van der Waals surface area contributed by atoms with Gasteiger partial charge in [0.25, 0.3) is 5.91 Å². The molecule has 1 fully saturated rings. The highest BCUT2D eigenvalue weighted by Gasteiger charge is 2.31. The first kappa shape index (κ1) is 12.3. The molecule has 0 radical (unpaired) electrons. The van der Waals surface area contributed by atoms with Gasteiger partial charge >= 0.3 is 0 Å². The molecule has 1 amide bonds. The van der Waals surface area contributed by atoms with Crippen molar-refractivity contribution in [3.8, 4) is 0 Å². The highest BCUT2D eigenvalue weighted by Crippen LogP contribution is 2.36. The molecular weight excluding hydrogens is 238 g/mol. The Morgan fingerprint density at radius 3 is 2.76 bits per heavy atom. The predicted molar refractivity (Wildman–Crippen MR) is 65.9 cm³/mol. The quantitative estimate of drug-likeness (QED) is 0.881. The first-order chi connectivity index (χ1) is 7.96. The van der Waals surface area contributed by atoms with E-state index in [1.54, 1.807) is 12.1 Å². The Kier molecular flexibility index (Phi) is 3.33. The van der Waals surface area contributed by atoms with Crippen LogP contribution >= 0.6 is 11.6 Å². The van der Waals surface area contributed by atoms with Crippen molar-refractivity contribution in [2.24, 2.45) is 5.41 Å². The van der Waals surface area contributed by atoms with E-state index in [4.69, 9.17) is 11.6 Å². The van der Waals surface area contributed by atoms with Gasteiger partial charge in [-0.15, -0.1) is 10.2 Å². The number of amides is 1. The average molecular weight is 254 g/mol. The first-order valence-electron chi connectivity index (χ1n) is 5.76. The number of hydrogen-bond acceptors (Lipinski definition) is 3. The van der Waals surface area contributed by atoms with Crippen LogP contribution < -0.4 is 5.32 Å². The second kappa shape index (κ2) is 4.61. The second-order valence-corrected chi connectivity index (χ2v) is 5.71. The molecule has 2 rings (SSSR count). The first-order valence-corrected chi connectivity index (χ1v) is 6.14. The average Bonchev–Trinajstić information content (AvgIpc) is 2.59. The molecule has 0 bridgehead atoms. The Morgan fingerprint density at radius 1 is 1.47 bits per heavy atom. The third kappa shape index (κ3) is 3.16. The van der Waals surface area contributed by atoms with Gasteiger partial charge in [-0.3, -0.25) is 4.79 Å². The molecule has 1 unspecified atom stereocenters. The summed E-state index contributed by atoms with van der Waals surface area (Å²) >= 11 is 5.62. The highest BCUT2D eigenvalue weighted by atomic mass is 35.5. The van der Waals surface area contributed by atoms with Crippen LogP contribution in [0, 0.1) is 5.41 Å². The Balaban J connectivity index is 1.96. The molecular formula is C12H16ClN3O. The van der Waals surface area contributed by atoms with Gasteiger partial charge in [0, 0.05) is 6.04 Å². The number of halogens is 1. The lowest BCUT2D eigenvalue weighted by Crippen LogP contribution is -2.34. The van der Waals surface area contributed by atoms with E-state index in [1.807, 2.05) is 0 Å². The maximum atomic E-state index is 11.9. The lowest BCUT2D eigenvalue weighted by molar-refractivity contribution is 0.0930. The van der Waals surface area contributed by atoms with Crippen LogP contribution in [0.5, 0.6) is 0 Å². The van der Waals surface area contributed by atoms with Crippen LogP contribution in [0.15, 0.2) is 12.1 Å². The summed E-state index contributed by atoms with van der Waals surface area (Å²) < 4.78 is 0. The van der Waals surface area contributed by atoms with E-state index in [1.165, 1.54) is 0 Å². The van der Waals surface area contributed by atoms with E-state index in [0.29, 0.717) is 16.3 Å². The van der Waals surface area contributed by atoms with Gasteiger partial charge in [-0.25, -0.2) is 0 Å². The van der Waals surface area contributed by atoms with E-state index < -0.39 is 0 Å². The van der Waals surface area contributed by atoms with Gasteiger partial charge in [0.1, 0.15) is 0 Å². The SMILES string of the molecule is CC1(C)CCC(NC(=O)c2ccc(Cl)nn2)C1. The van der Waals surface area contributed by atoms with Crippen LogP contribution in [0.1, 0.15) is 43.6 Å². The maximum Gasteiger partial charge on any atom is 0.272 e. The number of carbonyl (C=O) groups is 1. The molecule has 0 aliphatic heterocycles. The van der Waals surface area contributed by atoms with E-state index in [2.05, 4.69) is 29.4 Å². The van der Waals surface area contributed by atoms with Crippen molar-refractivity contribution in [2.75, 3.05) is 0 Å². The molecule has 1 atom stereocenters. The number of nitrogens with one attached hydrogen (secondary N) is 1. The minimum absolute atomic E-state index is 0.170. The fraction of sp³-hybridized carbons (Fsp3) is 0.583. The number of nitrogens with zero attached hydrogens (tertiary/aromatic N) is 2. The minimum Gasteiger partial charge on any atom is -0.348 e. The topological polar surface area (TPSA) is 54.9 Å². The summed E-state index contributed by atoms with van der Waals surface area (Å²) in [5.74, 6) is -0.170. The molecule has 92 valence electrons. The van der Waals surface area contributed by atoms with Gasteiger partial charge < -0.3 is 5.32 Å². The van der Waals surface area contributed by atoms with Crippen molar-refractivity contribution < 1.29 is 4.79 Å². The van der Waals surface area contributed by atoms with Crippen molar-refractivity contribution in [2.45, 2.75) is 39.2 Å². The van der Waals surface area contributed by atoms with Crippen LogP contribution in [-0.4, -0.2) is 22.1 Å². The van der Waals surface area contributed by atoms with E-state index in [-0.39, 0.29) is 11.9 Å². The van der Waals surface area contributed by atoms with Gasteiger partial charge in [0.05, 0.1) is 0 Å². The van der Waals surface area contributed by atoms with E-state index >= 15 is 0 Å². The summed E-state index contributed by atoms with van der Waals surface area (Å²) in [7, 11) is 0. The number of aromatic nitrogens is 2. The summed E-state index contributed by atoms with van der Waals surface area (Å²) in [6, 6.07) is 3.40. The Labute approximate surface area is 106 Å². The molecule has 0 saturated heterocycles. The molecule has 5 heteroatoms. The third-order valence-electron chi connectivity index (χ3n) is 3.17. The molecule has 1 saturated carbocycles. The van der Waals surface area contributed by atoms with Crippen molar-refractivity contribution in [1.82, 2.24) is 15.5 Å². The van der Waals surface area contributed by atoms with E-state index in [9.17, 15) is 4.79 Å². The molecule has 4 nitrogen and oxygen atoms in total. The van der Waals surface area contributed by atoms with E-state index in [0.717, 1.165) is 19.3 Å². The van der Waals surface area contributed by atoms with Gasteiger partial charge in [0.2, 0.25) is 0 Å². The smallest absolute Gasteiger partial charge is 0.272 e. The van der Waals surface area contributed by atoms with Gasteiger partial charge in [-0.2, -0.15) is 0 Å². The van der Waals surface area contributed by atoms with Crippen molar-refractivity contribution >= 4 is 17.5 Å². The number of carbonyl (C=O) groups excluding carboxylic acids is 1. The molecule has 0 aromatic carbocycles. The molecule has 1 aromatic rings. The fourth-order valence-electron chi connectivity index (χ4n) is 2.26. The normalized spacial score (nSPS) is 22.4. The number of hydrogen-bond donors (Lipinski definition) is 1. The predicted octanol–water partition coefficient (Wildman–Crippen LogP) is 2.44. The standard InChI is InChI=1S/C12H16ClN3O/c1-12(2)6-5-8(7-12)14-11(17)9-3-4-10(13)16-15-9/h3-4,8H,5-7H2,1-2H3,(H,14,17). The molecule has 1 N–H and O–H groups in total. The summed E-state index contributed by atoms with van der Waals surface area (Å²) in [6.45, 7) is 4.45. The van der Waals surface area contributed by atoms with Crippen LogP contribution in [0.25, 0.3) is 0 Å². The van der Waals surface area contributed by atoms with Crippen molar-refractivity contribution in [3.63, 3.8) is 0 Å². The molecule has 1 aliphatic rings. The van der Waals surface area contributed by atoms with Gasteiger partial charge in [-0.1, -0.05) is 25.4 Å². The molecule has 1 aliphatic carbocycles. The Bertz CT molecular complexity index is 416. The monoisotopic (exact) mass is 253 g/mol. The van der Waals surface area contributed by atoms with Crippen molar-refractivity contribution in [3.05, 3.63) is 23.0 Å². The highest BCUT2D eigenvalue weighted by molar-refractivity contribution is 6.29. The van der Waals surface area contributed by atoms with Crippen LogP contribution in [0.2, 0.25) is 5.15 Å². The second-order valence-electron chi connectivity index (χ2n) is 5.32. The van der Waals surface area contributed by atoms with Gasteiger partial charge in [-0.05, 0) is 36.8 Å². The molecule has 0 spiro atoms. The van der Waals surface area contributed by atoms with Crippen molar-refractivity contribution in [1.29, 1.82) is 0 Å². The minimum atomic E-state index is -0.170.